The predicted molar refractivity (Wildman–Crippen MR) is 40.0 cm³/mol. The topological polar surface area (TPSA) is 57.5 Å². The monoisotopic (exact) mass is 188 g/mol. The van der Waals surface area contributed by atoms with Crippen molar-refractivity contribution >= 4 is 5.97 Å². The molecule has 0 fully saturated rings. The molecule has 1 aromatic rings. The molecule has 3 nitrogen and oxygen atoms in total. The highest BCUT2D eigenvalue weighted by atomic mass is 19.3. The van der Waals surface area contributed by atoms with E-state index in [-0.39, 0.29) is 0 Å². The van der Waals surface area contributed by atoms with E-state index in [4.69, 9.17) is 10.2 Å². The van der Waals surface area contributed by atoms with Crippen LogP contribution in [-0.4, -0.2) is 16.2 Å². The molecule has 0 bridgehead atoms. The molecule has 0 aromatic heterocycles. The van der Waals surface area contributed by atoms with Crippen LogP contribution in [0.15, 0.2) is 18.2 Å². The number of para-hydroxylation sites is 1. The third-order valence-corrected chi connectivity index (χ3v) is 1.53. The lowest BCUT2D eigenvalue weighted by Gasteiger charge is -2.04. The molecule has 0 aliphatic carbocycles. The number of alkyl halides is 2. The summed E-state index contributed by atoms with van der Waals surface area (Å²) in [5.74, 6) is -2.30. The number of phenols is 1. The first kappa shape index (κ1) is 9.44. The van der Waals surface area contributed by atoms with Crippen LogP contribution in [-0.2, 0) is 0 Å². The van der Waals surface area contributed by atoms with Crippen LogP contribution in [0.1, 0.15) is 22.3 Å². The van der Waals surface area contributed by atoms with Gasteiger partial charge >= 0.3 is 5.97 Å². The molecule has 1 rings (SSSR count). The van der Waals surface area contributed by atoms with E-state index in [1.807, 2.05) is 0 Å². The van der Waals surface area contributed by atoms with Crippen molar-refractivity contribution in [3.8, 4) is 5.75 Å². The van der Waals surface area contributed by atoms with Crippen molar-refractivity contribution in [2.75, 3.05) is 0 Å². The van der Waals surface area contributed by atoms with E-state index in [0.717, 1.165) is 18.2 Å². The molecule has 0 heterocycles. The molecule has 0 aliphatic heterocycles. The van der Waals surface area contributed by atoms with Gasteiger partial charge in [0.05, 0.1) is 5.56 Å². The molecule has 0 amide bonds. The van der Waals surface area contributed by atoms with Crippen LogP contribution in [0, 0.1) is 0 Å². The molecule has 0 saturated carbocycles. The second-order valence-electron chi connectivity index (χ2n) is 2.35. The lowest BCUT2D eigenvalue weighted by molar-refractivity contribution is 0.0692. The molecule has 0 aliphatic rings. The highest BCUT2D eigenvalue weighted by Gasteiger charge is 2.18. The second-order valence-corrected chi connectivity index (χ2v) is 2.35. The number of aromatic hydroxyl groups is 1. The van der Waals surface area contributed by atoms with Crippen molar-refractivity contribution < 1.29 is 23.8 Å². The summed E-state index contributed by atoms with van der Waals surface area (Å²) in [6.45, 7) is 0. The van der Waals surface area contributed by atoms with Crippen LogP contribution in [0.25, 0.3) is 0 Å². The van der Waals surface area contributed by atoms with E-state index in [0.29, 0.717) is 0 Å². The second kappa shape index (κ2) is 3.38. The minimum atomic E-state index is -2.88. The zero-order chi connectivity index (χ0) is 10.0. The van der Waals surface area contributed by atoms with Gasteiger partial charge in [0.25, 0.3) is 6.43 Å². The maximum absolute atomic E-state index is 12.1. The Bertz CT molecular complexity index is 336. The van der Waals surface area contributed by atoms with E-state index in [2.05, 4.69) is 0 Å². The Kier molecular flexibility index (Phi) is 2.46. The number of rotatable bonds is 2. The first-order chi connectivity index (χ1) is 6.04. The smallest absolute Gasteiger partial charge is 0.339 e. The fraction of sp³-hybridized carbons (Fsp3) is 0.125. The lowest BCUT2D eigenvalue weighted by atomic mass is 10.1. The van der Waals surface area contributed by atoms with Gasteiger partial charge < -0.3 is 10.2 Å². The summed E-state index contributed by atoms with van der Waals surface area (Å²) in [7, 11) is 0. The van der Waals surface area contributed by atoms with Crippen LogP contribution in [0.4, 0.5) is 8.78 Å². The van der Waals surface area contributed by atoms with Crippen molar-refractivity contribution in [1.82, 2.24) is 0 Å². The Morgan fingerprint density at radius 1 is 1.38 bits per heavy atom. The van der Waals surface area contributed by atoms with Crippen molar-refractivity contribution in [2.24, 2.45) is 0 Å². The van der Waals surface area contributed by atoms with Gasteiger partial charge in [0.1, 0.15) is 11.3 Å². The molecule has 0 spiro atoms. The summed E-state index contributed by atoms with van der Waals surface area (Å²) in [6.07, 6.45) is -2.88. The fourth-order valence-electron chi connectivity index (χ4n) is 0.910. The molecule has 0 atom stereocenters. The maximum atomic E-state index is 12.1. The molecular weight excluding hydrogens is 182 g/mol. The number of carbonyl (C=O) groups is 1. The Labute approximate surface area is 72.2 Å². The van der Waals surface area contributed by atoms with E-state index >= 15 is 0 Å². The van der Waals surface area contributed by atoms with Gasteiger partial charge in [-0.3, -0.25) is 0 Å². The first-order valence-electron chi connectivity index (χ1n) is 3.37. The highest BCUT2D eigenvalue weighted by molar-refractivity contribution is 5.91. The van der Waals surface area contributed by atoms with E-state index in [1.54, 1.807) is 0 Å². The largest absolute Gasteiger partial charge is 0.507 e. The summed E-state index contributed by atoms with van der Waals surface area (Å²) in [5.41, 5.74) is -1.18. The van der Waals surface area contributed by atoms with Gasteiger partial charge in [-0.1, -0.05) is 6.07 Å². The number of hydrogen-bond acceptors (Lipinski definition) is 2. The normalized spacial score (nSPS) is 10.4. The van der Waals surface area contributed by atoms with Crippen LogP contribution in [0.5, 0.6) is 5.75 Å². The van der Waals surface area contributed by atoms with Crippen molar-refractivity contribution in [2.45, 2.75) is 6.43 Å². The molecule has 0 radical (unpaired) electrons. The summed E-state index contributed by atoms with van der Waals surface area (Å²) in [4.78, 5) is 10.4. The van der Waals surface area contributed by atoms with Gasteiger partial charge in [-0.2, -0.15) is 0 Å². The highest BCUT2D eigenvalue weighted by Crippen LogP contribution is 2.30. The molecule has 0 unspecified atom stereocenters. The summed E-state index contributed by atoms with van der Waals surface area (Å²) in [6, 6.07) is 3.20. The number of halogens is 2. The molecule has 70 valence electrons. The average molecular weight is 188 g/mol. The number of benzene rings is 1. The Morgan fingerprint density at radius 3 is 2.46 bits per heavy atom. The molecular formula is C8H6F2O3. The Balaban J connectivity index is 3.26. The SMILES string of the molecule is O=C(O)c1cccc(C(F)F)c1O. The zero-order valence-corrected chi connectivity index (χ0v) is 6.37. The van der Waals surface area contributed by atoms with Crippen molar-refractivity contribution in [1.29, 1.82) is 0 Å². The molecule has 5 heteroatoms. The maximum Gasteiger partial charge on any atom is 0.339 e. The van der Waals surface area contributed by atoms with Gasteiger partial charge in [-0.05, 0) is 12.1 Å². The molecule has 2 N–H and O–H groups in total. The minimum absolute atomic E-state index is 0.516. The van der Waals surface area contributed by atoms with Crippen molar-refractivity contribution in [3.63, 3.8) is 0 Å². The Hall–Kier alpha value is -1.65. The van der Waals surface area contributed by atoms with Crippen LogP contribution >= 0.6 is 0 Å². The van der Waals surface area contributed by atoms with E-state index in [1.165, 1.54) is 0 Å². The third kappa shape index (κ3) is 1.74. The Morgan fingerprint density at radius 2 is 2.00 bits per heavy atom. The zero-order valence-electron chi connectivity index (χ0n) is 6.37. The number of aromatic carboxylic acids is 1. The van der Waals surface area contributed by atoms with Gasteiger partial charge in [0.2, 0.25) is 0 Å². The third-order valence-electron chi connectivity index (χ3n) is 1.53. The summed E-state index contributed by atoms with van der Waals surface area (Å²) in [5, 5.41) is 17.5. The standard InChI is InChI=1S/C8H6F2O3/c9-7(10)4-2-1-3-5(6(4)11)8(12)13/h1-3,7,11H,(H,12,13). The fourth-order valence-corrected chi connectivity index (χ4v) is 0.910. The summed E-state index contributed by atoms with van der Waals surface area (Å²) < 4.78 is 24.2. The van der Waals surface area contributed by atoms with Gasteiger partial charge in [0, 0.05) is 0 Å². The van der Waals surface area contributed by atoms with E-state index < -0.39 is 29.3 Å². The van der Waals surface area contributed by atoms with Gasteiger partial charge in [-0.25, -0.2) is 13.6 Å². The number of carboxylic acid groups (broad SMARTS) is 1. The van der Waals surface area contributed by atoms with Crippen LogP contribution in [0.2, 0.25) is 0 Å². The first-order valence-corrected chi connectivity index (χ1v) is 3.37. The lowest BCUT2D eigenvalue weighted by Crippen LogP contribution is -1.98. The van der Waals surface area contributed by atoms with Crippen LogP contribution in [0.3, 0.4) is 0 Å². The summed E-state index contributed by atoms with van der Waals surface area (Å²) >= 11 is 0. The minimum Gasteiger partial charge on any atom is -0.507 e. The molecule has 0 saturated heterocycles. The van der Waals surface area contributed by atoms with Gasteiger partial charge in [-0.15, -0.1) is 0 Å². The number of carboxylic acids is 1. The molecule has 13 heavy (non-hydrogen) atoms. The van der Waals surface area contributed by atoms with Crippen molar-refractivity contribution in [3.05, 3.63) is 29.3 Å². The number of hydrogen-bond donors (Lipinski definition) is 2. The average Bonchev–Trinajstić information content (AvgIpc) is 2.03. The predicted octanol–water partition coefficient (Wildman–Crippen LogP) is 2.03. The molecule has 1 aromatic carbocycles. The van der Waals surface area contributed by atoms with E-state index in [9.17, 15) is 13.6 Å². The van der Waals surface area contributed by atoms with Crippen LogP contribution < -0.4 is 0 Å². The van der Waals surface area contributed by atoms with Gasteiger partial charge in [0.15, 0.2) is 0 Å². The quantitative estimate of drug-likeness (QED) is 0.746.